The third kappa shape index (κ3) is 3.71. The van der Waals surface area contributed by atoms with E-state index in [1.54, 1.807) is 6.07 Å². The van der Waals surface area contributed by atoms with E-state index in [9.17, 15) is 9.50 Å². The van der Waals surface area contributed by atoms with Gasteiger partial charge in [0.1, 0.15) is 11.6 Å². The van der Waals surface area contributed by atoms with E-state index in [1.165, 1.54) is 12.1 Å². The molecule has 2 aromatic carbocycles. The van der Waals surface area contributed by atoms with Crippen molar-refractivity contribution in [3.05, 3.63) is 64.4 Å². The molecule has 2 aromatic rings. The lowest BCUT2D eigenvalue weighted by Crippen LogP contribution is -2.02. The van der Waals surface area contributed by atoms with Gasteiger partial charge >= 0.3 is 0 Å². The third-order valence-electron chi connectivity index (χ3n) is 3.00. The van der Waals surface area contributed by atoms with Crippen LogP contribution in [0.3, 0.4) is 0 Å². The van der Waals surface area contributed by atoms with Crippen molar-refractivity contribution in [1.82, 2.24) is 0 Å². The van der Waals surface area contributed by atoms with Crippen LogP contribution in [0.1, 0.15) is 24.2 Å². The molecule has 0 aliphatic carbocycles. The number of benzene rings is 2. The molecule has 0 amide bonds. The predicted octanol–water partition coefficient (Wildman–Crippen LogP) is 4.15. The molecule has 2 nitrogen and oxygen atoms in total. The van der Waals surface area contributed by atoms with Crippen LogP contribution in [-0.2, 0) is 6.42 Å². The number of aliphatic hydroxyl groups is 1. The van der Waals surface area contributed by atoms with Gasteiger partial charge < -0.3 is 9.84 Å². The fourth-order valence-corrected chi connectivity index (χ4v) is 2.21. The molecule has 106 valence electrons. The van der Waals surface area contributed by atoms with Crippen LogP contribution in [0.2, 0.25) is 5.02 Å². The first-order valence-electron chi connectivity index (χ1n) is 6.45. The summed E-state index contributed by atoms with van der Waals surface area (Å²) >= 11 is 5.96. The Kier molecular flexibility index (Phi) is 4.99. The maximum atomic E-state index is 13.0. The Balaban J connectivity index is 2.09. The highest BCUT2D eigenvalue weighted by Crippen LogP contribution is 2.25. The number of ether oxygens (including phenoxy) is 1. The first kappa shape index (κ1) is 14.8. The zero-order chi connectivity index (χ0) is 14.5. The van der Waals surface area contributed by atoms with E-state index in [4.69, 9.17) is 16.3 Å². The molecule has 0 heterocycles. The second-order valence-corrected chi connectivity index (χ2v) is 4.86. The van der Waals surface area contributed by atoms with Crippen LogP contribution in [0.15, 0.2) is 42.5 Å². The summed E-state index contributed by atoms with van der Waals surface area (Å²) in [5, 5.41) is 10.5. The summed E-state index contributed by atoms with van der Waals surface area (Å²) in [6.45, 7) is 2.52. The molecule has 0 aliphatic heterocycles. The van der Waals surface area contributed by atoms with Gasteiger partial charge in [-0.1, -0.05) is 29.8 Å². The van der Waals surface area contributed by atoms with Gasteiger partial charge in [-0.3, -0.25) is 0 Å². The van der Waals surface area contributed by atoms with Gasteiger partial charge in [-0.05, 0) is 42.3 Å². The van der Waals surface area contributed by atoms with Crippen LogP contribution < -0.4 is 4.74 Å². The molecular formula is C16H16ClFO2. The largest absolute Gasteiger partial charge is 0.494 e. The molecule has 0 spiro atoms. The summed E-state index contributed by atoms with van der Waals surface area (Å²) in [6, 6.07) is 11.4. The van der Waals surface area contributed by atoms with Gasteiger partial charge in [-0.25, -0.2) is 4.39 Å². The molecule has 0 bridgehead atoms. The van der Waals surface area contributed by atoms with E-state index in [0.29, 0.717) is 18.1 Å². The highest BCUT2D eigenvalue weighted by atomic mass is 35.5. The molecule has 0 aromatic heterocycles. The van der Waals surface area contributed by atoms with Crippen LogP contribution in [0.25, 0.3) is 0 Å². The van der Waals surface area contributed by atoms with E-state index in [2.05, 4.69) is 0 Å². The van der Waals surface area contributed by atoms with Gasteiger partial charge in [0.25, 0.3) is 0 Å². The number of rotatable bonds is 5. The van der Waals surface area contributed by atoms with Gasteiger partial charge in [0.2, 0.25) is 0 Å². The minimum absolute atomic E-state index is 0.329. The van der Waals surface area contributed by atoms with Crippen molar-refractivity contribution < 1.29 is 14.2 Å². The van der Waals surface area contributed by atoms with Gasteiger partial charge in [0.05, 0.1) is 12.7 Å². The number of hydrogen-bond acceptors (Lipinski definition) is 2. The smallest absolute Gasteiger partial charge is 0.124 e. The second kappa shape index (κ2) is 6.73. The fraction of sp³-hybridized carbons (Fsp3) is 0.250. The Labute approximate surface area is 122 Å². The van der Waals surface area contributed by atoms with Crippen LogP contribution in [-0.4, -0.2) is 11.7 Å². The van der Waals surface area contributed by atoms with Crippen LogP contribution in [0.5, 0.6) is 5.75 Å². The van der Waals surface area contributed by atoms with Crippen molar-refractivity contribution in [3.63, 3.8) is 0 Å². The summed E-state index contributed by atoms with van der Waals surface area (Å²) in [5.41, 5.74) is 1.49. The Morgan fingerprint density at radius 3 is 2.50 bits per heavy atom. The normalized spacial score (nSPS) is 12.2. The van der Waals surface area contributed by atoms with Crippen LogP contribution in [0, 0.1) is 5.82 Å². The molecule has 0 fully saturated rings. The van der Waals surface area contributed by atoms with Crippen molar-refractivity contribution >= 4 is 11.6 Å². The molecule has 0 saturated carbocycles. The number of aliphatic hydroxyl groups excluding tert-OH is 1. The topological polar surface area (TPSA) is 29.5 Å². The zero-order valence-electron chi connectivity index (χ0n) is 11.1. The van der Waals surface area contributed by atoms with Crippen molar-refractivity contribution in [1.29, 1.82) is 0 Å². The van der Waals surface area contributed by atoms with Crippen molar-refractivity contribution in [3.8, 4) is 5.75 Å². The standard InChI is InChI=1S/C16H16ClFO2/c1-2-20-14-7-4-11(5-8-14)16(19)9-12-3-6-13(18)10-15(12)17/h3-8,10,16,19H,2,9H2,1H3. The van der Waals surface area contributed by atoms with Gasteiger partial charge in [0.15, 0.2) is 0 Å². The zero-order valence-corrected chi connectivity index (χ0v) is 11.9. The Bertz CT molecular complexity index is 569. The van der Waals surface area contributed by atoms with E-state index < -0.39 is 6.10 Å². The SMILES string of the molecule is CCOc1ccc(C(O)Cc2ccc(F)cc2Cl)cc1. The summed E-state index contributed by atoms with van der Waals surface area (Å²) < 4.78 is 18.3. The first-order valence-corrected chi connectivity index (χ1v) is 6.82. The van der Waals surface area contributed by atoms with Gasteiger partial charge in [0, 0.05) is 11.4 Å². The Hall–Kier alpha value is -1.58. The van der Waals surface area contributed by atoms with Gasteiger partial charge in [-0.2, -0.15) is 0 Å². The van der Waals surface area contributed by atoms with E-state index in [0.717, 1.165) is 16.9 Å². The van der Waals surface area contributed by atoms with Crippen molar-refractivity contribution in [2.45, 2.75) is 19.4 Å². The van der Waals surface area contributed by atoms with Crippen molar-refractivity contribution in [2.75, 3.05) is 6.61 Å². The van der Waals surface area contributed by atoms with Gasteiger partial charge in [-0.15, -0.1) is 0 Å². The third-order valence-corrected chi connectivity index (χ3v) is 3.36. The minimum atomic E-state index is -0.686. The highest BCUT2D eigenvalue weighted by Gasteiger charge is 2.11. The molecule has 1 N–H and O–H groups in total. The van der Waals surface area contributed by atoms with Crippen LogP contribution >= 0.6 is 11.6 Å². The Morgan fingerprint density at radius 2 is 1.90 bits per heavy atom. The summed E-state index contributed by atoms with van der Waals surface area (Å²) in [5.74, 6) is 0.387. The quantitative estimate of drug-likeness (QED) is 0.897. The minimum Gasteiger partial charge on any atom is -0.494 e. The first-order chi connectivity index (χ1) is 9.60. The van der Waals surface area contributed by atoms with E-state index in [-0.39, 0.29) is 5.82 Å². The summed E-state index contributed by atoms with van der Waals surface area (Å²) in [7, 11) is 0. The van der Waals surface area contributed by atoms with E-state index in [1.807, 2.05) is 31.2 Å². The maximum Gasteiger partial charge on any atom is 0.124 e. The second-order valence-electron chi connectivity index (χ2n) is 4.46. The molecular weight excluding hydrogens is 279 g/mol. The molecule has 0 saturated heterocycles. The van der Waals surface area contributed by atoms with Crippen LogP contribution in [0.4, 0.5) is 4.39 Å². The van der Waals surface area contributed by atoms with E-state index >= 15 is 0 Å². The lowest BCUT2D eigenvalue weighted by molar-refractivity contribution is 0.178. The highest BCUT2D eigenvalue weighted by molar-refractivity contribution is 6.31. The molecule has 4 heteroatoms. The predicted molar refractivity (Wildman–Crippen MR) is 77.7 cm³/mol. The number of halogens is 2. The summed E-state index contributed by atoms with van der Waals surface area (Å²) in [4.78, 5) is 0. The average molecular weight is 295 g/mol. The average Bonchev–Trinajstić information content (AvgIpc) is 2.43. The molecule has 1 atom stereocenters. The summed E-state index contributed by atoms with van der Waals surface area (Å²) in [6.07, 6.45) is -0.346. The lowest BCUT2D eigenvalue weighted by atomic mass is 10.0. The Morgan fingerprint density at radius 1 is 1.20 bits per heavy atom. The number of hydrogen-bond donors (Lipinski definition) is 1. The molecule has 0 radical (unpaired) electrons. The molecule has 1 unspecified atom stereocenters. The lowest BCUT2D eigenvalue weighted by Gasteiger charge is -2.13. The fourth-order valence-electron chi connectivity index (χ4n) is 1.97. The molecule has 20 heavy (non-hydrogen) atoms. The maximum absolute atomic E-state index is 13.0. The monoisotopic (exact) mass is 294 g/mol. The molecule has 0 aliphatic rings. The molecule has 2 rings (SSSR count). The van der Waals surface area contributed by atoms with Crippen molar-refractivity contribution in [2.24, 2.45) is 0 Å².